The molecule has 4 heteroatoms. The molecule has 1 rings (SSSR count). The van der Waals surface area contributed by atoms with Gasteiger partial charge in [-0.15, -0.1) is 0 Å². The SMILES string of the molecule is CC(C)CCNC1CC(C)CN(C(N)=O)C1. The topological polar surface area (TPSA) is 58.4 Å². The van der Waals surface area contributed by atoms with E-state index in [4.69, 9.17) is 5.73 Å². The van der Waals surface area contributed by atoms with Gasteiger partial charge in [-0.2, -0.15) is 0 Å². The van der Waals surface area contributed by atoms with E-state index in [0.29, 0.717) is 12.0 Å². The molecule has 0 bridgehead atoms. The Labute approximate surface area is 98.6 Å². The van der Waals surface area contributed by atoms with Crippen LogP contribution >= 0.6 is 0 Å². The maximum atomic E-state index is 11.1. The van der Waals surface area contributed by atoms with Gasteiger partial charge in [0.1, 0.15) is 0 Å². The molecule has 0 radical (unpaired) electrons. The van der Waals surface area contributed by atoms with E-state index in [-0.39, 0.29) is 6.03 Å². The smallest absolute Gasteiger partial charge is 0.314 e. The van der Waals surface area contributed by atoms with Crippen molar-refractivity contribution in [3.05, 3.63) is 0 Å². The number of carbonyl (C=O) groups is 1. The lowest BCUT2D eigenvalue weighted by Crippen LogP contribution is -2.52. The van der Waals surface area contributed by atoms with Crippen molar-refractivity contribution in [1.29, 1.82) is 0 Å². The highest BCUT2D eigenvalue weighted by Crippen LogP contribution is 2.16. The van der Waals surface area contributed by atoms with Crippen molar-refractivity contribution in [3.63, 3.8) is 0 Å². The number of carbonyl (C=O) groups excluding carboxylic acids is 1. The van der Waals surface area contributed by atoms with E-state index >= 15 is 0 Å². The summed E-state index contributed by atoms with van der Waals surface area (Å²) in [6, 6.07) is 0.122. The van der Waals surface area contributed by atoms with Crippen molar-refractivity contribution in [1.82, 2.24) is 10.2 Å². The second-order valence-electron chi connectivity index (χ2n) is 5.42. The fraction of sp³-hybridized carbons (Fsp3) is 0.917. The van der Waals surface area contributed by atoms with E-state index in [1.165, 1.54) is 6.42 Å². The molecule has 3 N–H and O–H groups in total. The molecule has 0 aromatic carbocycles. The predicted molar refractivity (Wildman–Crippen MR) is 66.2 cm³/mol. The lowest BCUT2D eigenvalue weighted by Gasteiger charge is -2.36. The van der Waals surface area contributed by atoms with Gasteiger partial charge in [-0.3, -0.25) is 0 Å². The third-order valence-corrected chi connectivity index (χ3v) is 3.13. The number of nitrogens with two attached hydrogens (primary N) is 1. The van der Waals surface area contributed by atoms with E-state index in [0.717, 1.165) is 32.0 Å². The molecule has 1 saturated heterocycles. The number of rotatable bonds is 4. The molecule has 1 fully saturated rings. The van der Waals surface area contributed by atoms with Crippen LogP contribution in [-0.2, 0) is 0 Å². The first kappa shape index (κ1) is 13.3. The Hall–Kier alpha value is -0.770. The first-order valence-corrected chi connectivity index (χ1v) is 6.26. The number of primary amides is 1. The molecule has 1 aliphatic heterocycles. The van der Waals surface area contributed by atoms with Gasteiger partial charge in [-0.05, 0) is 31.2 Å². The molecule has 1 aliphatic rings. The average molecular weight is 227 g/mol. The quantitative estimate of drug-likeness (QED) is 0.763. The summed E-state index contributed by atoms with van der Waals surface area (Å²) in [5, 5.41) is 3.52. The summed E-state index contributed by atoms with van der Waals surface area (Å²) < 4.78 is 0. The molecular formula is C12H25N3O. The monoisotopic (exact) mass is 227 g/mol. The van der Waals surface area contributed by atoms with Crippen LogP contribution < -0.4 is 11.1 Å². The average Bonchev–Trinajstić information content (AvgIpc) is 2.16. The molecular weight excluding hydrogens is 202 g/mol. The van der Waals surface area contributed by atoms with Gasteiger partial charge in [0, 0.05) is 19.1 Å². The molecule has 2 unspecified atom stereocenters. The molecule has 0 spiro atoms. The number of hydrogen-bond acceptors (Lipinski definition) is 2. The second-order valence-corrected chi connectivity index (χ2v) is 5.42. The number of nitrogens with zero attached hydrogens (tertiary/aromatic N) is 1. The van der Waals surface area contributed by atoms with Crippen molar-refractivity contribution >= 4 is 6.03 Å². The fourth-order valence-electron chi connectivity index (χ4n) is 2.26. The Balaban J connectivity index is 2.33. The van der Waals surface area contributed by atoms with Gasteiger partial charge in [-0.25, -0.2) is 4.79 Å². The predicted octanol–water partition coefficient (Wildman–Crippen LogP) is 1.41. The number of likely N-dealkylation sites (tertiary alicyclic amines) is 1. The second kappa shape index (κ2) is 6.09. The van der Waals surface area contributed by atoms with Crippen LogP contribution in [0.2, 0.25) is 0 Å². The Morgan fingerprint density at radius 1 is 1.50 bits per heavy atom. The van der Waals surface area contributed by atoms with Crippen molar-refractivity contribution < 1.29 is 4.79 Å². The standard InChI is InChI=1S/C12H25N3O/c1-9(2)4-5-14-11-6-10(3)7-15(8-11)12(13)16/h9-11,14H,4-8H2,1-3H3,(H2,13,16). The number of amides is 2. The Morgan fingerprint density at radius 2 is 2.19 bits per heavy atom. The van der Waals surface area contributed by atoms with Crippen molar-refractivity contribution in [2.45, 2.75) is 39.7 Å². The van der Waals surface area contributed by atoms with Gasteiger partial charge in [-0.1, -0.05) is 20.8 Å². The summed E-state index contributed by atoms with van der Waals surface area (Å²) in [6.45, 7) is 9.21. The van der Waals surface area contributed by atoms with E-state index < -0.39 is 0 Å². The highest BCUT2D eigenvalue weighted by molar-refractivity contribution is 5.72. The molecule has 0 saturated carbocycles. The number of hydrogen-bond donors (Lipinski definition) is 2. The zero-order chi connectivity index (χ0) is 12.1. The van der Waals surface area contributed by atoms with E-state index in [1.807, 2.05) is 0 Å². The molecule has 4 nitrogen and oxygen atoms in total. The largest absolute Gasteiger partial charge is 0.351 e. The minimum atomic E-state index is -0.290. The zero-order valence-electron chi connectivity index (χ0n) is 10.7. The molecule has 1 heterocycles. The minimum Gasteiger partial charge on any atom is -0.351 e. The van der Waals surface area contributed by atoms with E-state index in [9.17, 15) is 4.79 Å². The van der Waals surface area contributed by atoms with Gasteiger partial charge in [0.05, 0.1) is 0 Å². The van der Waals surface area contributed by atoms with Crippen LogP contribution in [0.5, 0.6) is 0 Å². The van der Waals surface area contributed by atoms with Crippen molar-refractivity contribution in [2.75, 3.05) is 19.6 Å². The first-order chi connectivity index (χ1) is 7.49. The lowest BCUT2D eigenvalue weighted by molar-refractivity contribution is 0.158. The van der Waals surface area contributed by atoms with Crippen LogP contribution in [0.25, 0.3) is 0 Å². The van der Waals surface area contributed by atoms with Crippen LogP contribution in [0.3, 0.4) is 0 Å². The third-order valence-electron chi connectivity index (χ3n) is 3.13. The highest BCUT2D eigenvalue weighted by atomic mass is 16.2. The number of nitrogens with one attached hydrogen (secondary N) is 1. The maximum Gasteiger partial charge on any atom is 0.314 e. The lowest BCUT2D eigenvalue weighted by atomic mass is 9.96. The Kier molecular flexibility index (Phi) is 5.06. The van der Waals surface area contributed by atoms with Gasteiger partial charge >= 0.3 is 6.03 Å². The summed E-state index contributed by atoms with van der Waals surface area (Å²) in [5.74, 6) is 1.26. The molecule has 94 valence electrons. The van der Waals surface area contributed by atoms with Gasteiger partial charge in [0.15, 0.2) is 0 Å². The number of urea groups is 1. The minimum absolute atomic E-state index is 0.290. The van der Waals surface area contributed by atoms with Gasteiger partial charge in [0.2, 0.25) is 0 Å². The van der Waals surface area contributed by atoms with Gasteiger partial charge in [0.25, 0.3) is 0 Å². The van der Waals surface area contributed by atoms with Gasteiger partial charge < -0.3 is 16.0 Å². The van der Waals surface area contributed by atoms with Crippen LogP contribution in [0.15, 0.2) is 0 Å². The number of piperidine rings is 1. The molecule has 0 aliphatic carbocycles. The zero-order valence-corrected chi connectivity index (χ0v) is 10.7. The van der Waals surface area contributed by atoms with Crippen LogP contribution in [0.4, 0.5) is 4.79 Å². The van der Waals surface area contributed by atoms with Crippen LogP contribution in [0.1, 0.15) is 33.6 Å². The van der Waals surface area contributed by atoms with E-state index in [1.54, 1.807) is 4.90 Å². The fourth-order valence-corrected chi connectivity index (χ4v) is 2.26. The molecule has 0 aromatic rings. The van der Waals surface area contributed by atoms with Crippen LogP contribution in [0, 0.1) is 11.8 Å². The molecule has 2 amide bonds. The molecule has 0 aromatic heterocycles. The van der Waals surface area contributed by atoms with Crippen LogP contribution in [-0.4, -0.2) is 36.6 Å². The molecule has 16 heavy (non-hydrogen) atoms. The third kappa shape index (κ3) is 4.39. The van der Waals surface area contributed by atoms with Crippen molar-refractivity contribution in [2.24, 2.45) is 17.6 Å². The summed E-state index contributed by atoms with van der Waals surface area (Å²) in [7, 11) is 0. The maximum absolute atomic E-state index is 11.1. The highest BCUT2D eigenvalue weighted by Gasteiger charge is 2.25. The van der Waals surface area contributed by atoms with Crippen molar-refractivity contribution in [3.8, 4) is 0 Å². The summed E-state index contributed by atoms with van der Waals surface area (Å²) in [5.41, 5.74) is 5.33. The molecule has 2 atom stereocenters. The normalized spacial score (nSPS) is 26.1. The summed E-state index contributed by atoms with van der Waals surface area (Å²) in [4.78, 5) is 12.9. The Bertz CT molecular complexity index is 230. The van der Waals surface area contributed by atoms with E-state index in [2.05, 4.69) is 26.1 Å². The first-order valence-electron chi connectivity index (χ1n) is 6.26. The Morgan fingerprint density at radius 3 is 2.75 bits per heavy atom. The summed E-state index contributed by atoms with van der Waals surface area (Å²) in [6.07, 6.45) is 2.32. The summed E-state index contributed by atoms with van der Waals surface area (Å²) >= 11 is 0.